The molecule has 1 heterocycles. The maximum Gasteiger partial charge on any atom is 0.317 e. The van der Waals surface area contributed by atoms with Crippen LogP contribution in [0.1, 0.15) is 51.9 Å². The van der Waals surface area contributed by atoms with Gasteiger partial charge in [-0.3, -0.25) is 4.79 Å². The third kappa shape index (κ3) is 4.12. The summed E-state index contributed by atoms with van der Waals surface area (Å²) in [6.45, 7) is 2.95. The Labute approximate surface area is 120 Å². The van der Waals surface area contributed by atoms with E-state index in [1.807, 2.05) is 0 Å². The number of hydrogen-bond acceptors (Lipinski definition) is 2. The van der Waals surface area contributed by atoms with Gasteiger partial charge in [-0.05, 0) is 25.7 Å². The molecule has 0 aromatic rings. The first kappa shape index (κ1) is 15.1. The minimum Gasteiger partial charge on any atom is -0.481 e. The molecular weight excluding hydrogens is 256 g/mol. The highest BCUT2D eigenvalue weighted by Crippen LogP contribution is 2.27. The van der Waals surface area contributed by atoms with Gasteiger partial charge in [0.2, 0.25) is 0 Å². The highest BCUT2D eigenvalue weighted by atomic mass is 16.4. The first-order chi connectivity index (χ1) is 9.56. The Morgan fingerprint density at radius 2 is 1.95 bits per heavy atom. The number of nitrogens with zero attached hydrogens (tertiary/aromatic N) is 1. The largest absolute Gasteiger partial charge is 0.481 e. The Bertz CT molecular complexity index is 353. The molecule has 20 heavy (non-hydrogen) atoms. The number of hydrogen-bond donors (Lipinski definition) is 2. The lowest BCUT2D eigenvalue weighted by Crippen LogP contribution is -2.43. The summed E-state index contributed by atoms with van der Waals surface area (Å²) in [7, 11) is 0. The van der Waals surface area contributed by atoms with Crippen LogP contribution in [0.2, 0.25) is 0 Å². The van der Waals surface area contributed by atoms with Gasteiger partial charge in [0.05, 0.1) is 5.92 Å². The molecule has 1 saturated carbocycles. The number of likely N-dealkylation sites (tertiary alicyclic amines) is 1. The molecule has 1 saturated heterocycles. The standard InChI is InChI=1S/C15H26N2O3/c1-11(9-12-5-3-2-4-6-12)16-15(20)17-8-7-13(10-17)14(18)19/h11-13H,2-10H2,1H3,(H,16,20)(H,18,19)/t11-,13?/m1/s1. The van der Waals surface area contributed by atoms with E-state index in [-0.39, 0.29) is 12.1 Å². The molecule has 0 spiro atoms. The number of carboxylic acids is 1. The van der Waals surface area contributed by atoms with Crippen LogP contribution in [-0.2, 0) is 4.79 Å². The highest BCUT2D eigenvalue weighted by molar-refractivity contribution is 5.77. The normalized spacial score (nSPS) is 25.4. The van der Waals surface area contributed by atoms with Crippen LogP contribution in [0.3, 0.4) is 0 Å². The smallest absolute Gasteiger partial charge is 0.317 e. The minimum absolute atomic E-state index is 0.0999. The summed E-state index contributed by atoms with van der Waals surface area (Å²) in [5, 5.41) is 12.0. The molecular formula is C15H26N2O3. The molecule has 0 aromatic carbocycles. The van der Waals surface area contributed by atoms with Gasteiger partial charge in [-0.15, -0.1) is 0 Å². The summed E-state index contributed by atoms with van der Waals surface area (Å²) in [5.41, 5.74) is 0. The van der Waals surface area contributed by atoms with Crippen molar-refractivity contribution in [2.75, 3.05) is 13.1 Å². The van der Waals surface area contributed by atoms with Crippen LogP contribution in [0, 0.1) is 11.8 Å². The Morgan fingerprint density at radius 3 is 2.55 bits per heavy atom. The van der Waals surface area contributed by atoms with Crippen molar-refractivity contribution < 1.29 is 14.7 Å². The van der Waals surface area contributed by atoms with E-state index in [1.54, 1.807) is 4.90 Å². The van der Waals surface area contributed by atoms with Crippen LogP contribution in [0.25, 0.3) is 0 Å². The molecule has 0 radical (unpaired) electrons. The van der Waals surface area contributed by atoms with E-state index in [0.29, 0.717) is 19.5 Å². The van der Waals surface area contributed by atoms with Crippen molar-refractivity contribution >= 4 is 12.0 Å². The van der Waals surface area contributed by atoms with Gasteiger partial charge in [0, 0.05) is 19.1 Å². The van der Waals surface area contributed by atoms with Crippen LogP contribution >= 0.6 is 0 Å². The summed E-state index contributed by atoms with van der Waals surface area (Å²) in [6, 6.07) is 0.0755. The van der Waals surface area contributed by atoms with Crippen LogP contribution in [-0.4, -0.2) is 41.1 Å². The van der Waals surface area contributed by atoms with E-state index in [0.717, 1.165) is 12.3 Å². The Morgan fingerprint density at radius 1 is 1.25 bits per heavy atom. The van der Waals surface area contributed by atoms with E-state index >= 15 is 0 Å². The van der Waals surface area contributed by atoms with Crippen molar-refractivity contribution in [2.24, 2.45) is 11.8 Å². The molecule has 5 nitrogen and oxygen atoms in total. The number of aliphatic carboxylic acids is 1. The zero-order chi connectivity index (χ0) is 14.5. The summed E-state index contributed by atoms with van der Waals surface area (Å²) >= 11 is 0. The Hall–Kier alpha value is -1.26. The maximum atomic E-state index is 12.1. The predicted molar refractivity (Wildman–Crippen MR) is 76.5 cm³/mol. The quantitative estimate of drug-likeness (QED) is 0.832. The average Bonchev–Trinajstić information content (AvgIpc) is 2.89. The van der Waals surface area contributed by atoms with Gasteiger partial charge in [-0.1, -0.05) is 32.1 Å². The summed E-state index contributed by atoms with van der Waals surface area (Å²) in [6.07, 6.45) is 8.16. The summed E-state index contributed by atoms with van der Waals surface area (Å²) in [4.78, 5) is 24.6. The Kier molecular flexibility index (Phi) is 5.26. The van der Waals surface area contributed by atoms with Gasteiger partial charge < -0.3 is 15.3 Å². The lowest BCUT2D eigenvalue weighted by Gasteiger charge is -2.26. The van der Waals surface area contributed by atoms with E-state index in [1.165, 1.54) is 32.1 Å². The van der Waals surface area contributed by atoms with Gasteiger partial charge >= 0.3 is 12.0 Å². The number of rotatable bonds is 4. The van der Waals surface area contributed by atoms with E-state index in [4.69, 9.17) is 5.11 Å². The molecule has 1 unspecified atom stereocenters. The zero-order valence-electron chi connectivity index (χ0n) is 12.3. The van der Waals surface area contributed by atoms with Crippen molar-refractivity contribution in [1.29, 1.82) is 0 Å². The zero-order valence-corrected chi connectivity index (χ0v) is 12.3. The van der Waals surface area contributed by atoms with Gasteiger partial charge in [-0.2, -0.15) is 0 Å². The van der Waals surface area contributed by atoms with Crippen LogP contribution < -0.4 is 5.32 Å². The number of carbonyl (C=O) groups is 2. The van der Waals surface area contributed by atoms with E-state index in [2.05, 4.69) is 12.2 Å². The van der Waals surface area contributed by atoms with Crippen molar-refractivity contribution in [2.45, 2.75) is 57.9 Å². The lowest BCUT2D eigenvalue weighted by molar-refractivity contribution is -0.141. The van der Waals surface area contributed by atoms with Crippen LogP contribution in [0.5, 0.6) is 0 Å². The number of carboxylic acid groups (broad SMARTS) is 1. The number of carbonyl (C=O) groups excluding carboxylic acids is 1. The fraction of sp³-hybridized carbons (Fsp3) is 0.867. The summed E-state index contributed by atoms with van der Waals surface area (Å²) < 4.78 is 0. The van der Waals surface area contributed by atoms with Crippen molar-refractivity contribution in [3.63, 3.8) is 0 Å². The van der Waals surface area contributed by atoms with E-state index in [9.17, 15) is 9.59 Å². The van der Waals surface area contributed by atoms with Crippen LogP contribution in [0.4, 0.5) is 4.79 Å². The average molecular weight is 282 g/mol. The number of urea groups is 1. The number of nitrogens with one attached hydrogen (secondary N) is 1. The predicted octanol–water partition coefficient (Wildman–Crippen LogP) is 2.46. The molecule has 2 aliphatic rings. The fourth-order valence-electron chi connectivity index (χ4n) is 3.43. The number of amides is 2. The SMILES string of the molecule is C[C@H](CC1CCCCC1)NC(=O)N1CCC(C(=O)O)C1. The first-order valence-corrected chi connectivity index (χ1v) is 7.84. The molecule has 1 aliphatic heterocycles. The minimum atomic E-state index is -0.796. The van der Waals surface area contributed by atoms with Gasteiger partial charge in [0.1, 0.15) is 0 Å². The summed E-state index contributed by atoms with van der Waals surface area (Å²) in [5.74, 6) is -0.450. The topological polar surface area (TPSA) is 69.6 Å². The maximum absolute atomic E-state index is 12.1. The van der Waals surface area contributed by atoms with Crippen molar-refractivity contribution in [3.8, 4) is 0 Å². The Balaban J connectivity index is 1.72. The molecule has 2 amide bonds. The van der Waals surface area contributed by atoms with Gasteiger partial charge in [-0.25, -0.2) is 4.79 Å². The second-order valence-electron chi connectivity index (χ2n) is 6.36. The van der Waals surface area contributed by atoms with E-state index < -0.39 is 11.9 Å². The molecule has 0 bridgehead atoms. The van der Waals surface area contributed by atoms with Crippen LogP contribution in [0.15, 0.2) is 0 Å². The van der Waals surface area contributed by atoms with Crippen molar-refractivity contribution in [1.82, 2.24) is 10.2 Å². The second kappa shape index (κ2) is 6.95. The fourth-order valence-corrected chi connectivity index (χ4v) is 3.43. The molecule has 5 heteroatoms. The first-order valence-electron chi connectivity index (χ1n) is 7.84. The monoisotopic (exact) mass is 282 g/mol. The molecule has 2 atom stereocenters. The molecule has 114 valence electrons. The third-order valence-electron chi connectivity index (χ3n) is 4.61. The van der Waals surface area contributed by atoms with Crippen molar-refractivity contribution in [3.05, 3.63) is 0 Å². The second-order valence-corrected chi connectivity index (χ2v) is 6.36. The highest BCUT2D eigenvalue weighted by Gasteiger charge is 2.31. The molecule has 2 N–H and O–H groups in total. The molecule has 1 aliphatic carbocycles. The van der Waals surface area contributed by atoms with Gasteiger partial charge in [0.25, 0.3) is 0 Å². The molecule has 0 aromatic heterocycles. The lowest BCUT2D eigenvalue weighted by atomic mass is 9.85. The third-order valence-corrected chi connectivity index (χ3v) is 4.61. The molecule has 2 rings (SSSR count). The van der Waals surface area contributed by atoms with Gasteiger partial charge in [0.15, 0.2) is 0 Å². The molecule has 2 fully saturated rings.